The second-order valence-electron chi connectivity index (χ2n) is 3.91. The normalized spacial score (nSPS) is 10.8. The van der Waals surface area contributed by atoms with Gasteiger partial charge in [-0.15, -0.1) is 0 Å². The molecule has 2 aromatic heterocycles. The van der Waals surface area contributed by atoms with Crippen molar-refractivity contribution in [2.24, 2.45) is 0 Å². The van der Waals surface area contributed by atoms with E-state index in [0.717, 1.165) is 11.5 Å². The minimum Gasteiger partial charge on any atom is -0.389 e. The van der Waals surface area contributed by atoms with Crippen LogP contribution in [-0.4, -0.2) is 14.5 Å². The Morgan fingerprint density at radius 1 is 1.32 bits per heavy atom. The van der Waals surface area contributed by atoms with Crippen LogP contribution in [0.2, 0.25) is 0 Å². The molecular weight excluding hydrogens is 267 g/mol. The van der Waals surface area contributed by atoms with Crippen LogP contribution in [0.25, 0.3) is 22.8 Å². The van der Waals surface area contributed by atoms with Gasteiger partial charge in [0, 0.05) is 0 Å². The zero-order valence-electron chi connectivity index (χ0n) is 9.92. The molecule has 0 saturated carbocycles. The van der Waals surface area contributed by atoms with Gasteiger partial charge in [0.05, 0.1) is 16.8 Å². The molecule has 0 unspecified atom stereocenters. The second kappa shape index (κ2) is 4.43. The molecular formula is C12H9FN4OS. The van der Waals surface area contributed by atoms with Crippen LogP contribution in [0.4, 0.5) is 9.39 Å². The van der Waals surface area contributed by atoms with Crippen molar-refractivity contribution in [3.63, 3.8) is 0 Å². The van der Waals surface area contributed by atoms with Crippen molar-refractivity contribution in [2.45, 2.75) is 6.92 Å². The van der Waals surface area contributed by atoms with E-state index in [1.165, 1.54) is 6.07 Å². The quantitative estimate of drug-likeness (QED) is 0.778. The average molecular weight is 276 g/mol. The van der Waals surface area contributed by atoms with E-state index in [-0.39, 0.29) is 17.3 Å². The van der Waals surface area contributed by atoms with Crippen LogP contribution in [0.3, 0.4) is 0 Å². The monoisotopic (exact) mass is 276 g/mol. The Kier molecular flexibility index (Phi) is 2.75. The molecule has 0 bridgehead atoms. The topological polar surface area (TPSA) is 77.8 Å². The third-order valence-electron chi connectivity index (χ3n) is 2.64. The highest BCUT2D eigenvalue weighted by molar-refractivity contribution is 7.10. The summed E-state index contributed by atoms with van der Waals surface area (Å²) in [5.74, 6) is 0.0445. The van der Waals surface area contributed by atoms with Crippen molar-refractivity contribution in [3.05, 3.63) is 35.8 Å². The van der Waals surface area contributed by atoms with Crippen molar-refractivity contribution in [1.82, 2.24) is 14.5 Å². The number of halogens is 1. The molecule has 0 fully saturated rings. The predicted octanol–water partition coefficient (Wildman–Crippen LogP) is 2.89. The van der Waals surface area contributed by atoms with Crippen LogP contribution in [0, 0.1) is 12.7 Å². The van der Waals surface area contributed by atoms with Crippen molar-refractivity contribution in [3.8, 4) is 22.8 Å². The van der Waals surface area contributed by atoms with Gasteiger partial charge in [-0.05, 0) is 30.6 Å². The summed E-state index contributed by atoms with van der Waals surface area (Å²) in [5.41, 5.74) is 7.42. The highest BCUT2D eigenvalue weighted by Gasteiger charge is 2.19. The Hall–Kier alpha value is -2.28. The number of anilines is 1. The number of nitrogens with two attached hydrogens (primary N) is 1. The van der Waals surface area contributed by atoms with Crippen molar-refractivity contribution < 1.29 is 8.91 Å². The lowest BCUT2D eigenvalue weighted by atomic mass is 10.2. The largest absolute Gasteiger partial charge is 0.389 e. The van der Waals surface area contributed by atoms with Gasteiger partial charge in [-0.1, -0.05) is 17.3 Å². The summed E-state index contributed by atoms with van der Waals surface area (Å²) < 4.78 is 22.9. The predicted molar refractivity (Wildman–Crippen MR) is 69.9 cm³/mol. The fourth-order valence-corrected chi connectivity index (χ4v) is 2.38. The van der Waals surface area contributed by atoms with Gasteiger partial charge in [0.15, 0.2) is 0 Å². The molecule has 0 aliphatic heterocycles. The van der Waals surface area contributed by atoms with Gasteiger partial charge in [-0.3, -0.25) is 0 Å². The average Bonchev–Trinajstić information content (AvgIpc) is 2.97. The molecule has 2 heterocycles. The molecule has 96 valence electrons. The van der Waals surface area contributed by atoms with E-state index in [0.29, 0.717) is 16.3 Å². The number of aromatic nitrogens is 3. The molecule has 19 heavy (non-hydrogen) atoms. The molecule has 3 rings (SSSR count). The molecule has 3 aromatic rings. The Labute approximate surface area is 112 Å². The molecule has 0 aliphatic rings. The number of benzene rings is 1. The third kappa shape index (κ3) is 1.97. The SMILES string of the molecule is Cc1nsc(N)c1-c1nc(-c2ccccc2F)no1. The molecule has 7 heteroatoms. The lowest BCUT2D eigenvalue weighted by molar-refractivity contribution is 0.432. The smallest absolute Gasteiger partial charge is 0.263 e. The lowest BCUT2D eigenvalue weighted by Crippen LogP contribution is -1.88. The van der Waals surface area contributed by atoms with Gasteiger partial charge in [-0.2, -0.15) is 9.36 Å². The van der Waals surface area contributed by atoms with Crippen LogP contribution in [0.15, 0.2) is 28.8 Å². The molecule has 0 amide bonds. The van der Waals surface area contributed by atoms with Crippen molar-refractivity contribution in [1.29, 1.82) is 0 Å². The van der Waals surface area contributed by atoms with E-state index < -0.39 is 5.82 Å². The zero-order chi connectivity index (χ0) is 13.4. The first-order chi connectivity index (χ1) is 9.16. The number of nitrogens with zero attached hydrogens (tertiary/aromatic N) is 3. The summed E-state index contributed by atoms with van der Waals surface area (Å²) in [7, 11) is 0. The maximum absolute atomic E-state index is 13.6. The highest BCUT2D eigenvalue weighted by atomic mass is 32.1. The molecule has 0 atom stereocenters. The second-order valence-corrected chi connectivity index (χ2v) is 4.72. The van der Waals surface area contributed by atoms with E-state index in [4.69, 9.17) is 10.3 Å². The van der Waals surface area contributed by atoms with Gasteiger partial charge in [-0.25, -0.2) is 4.39 Å². The van der Waals surface area contributed by atoms with Crippen LogP contribution < -0.4 is 5.73 Å². The number of hydrogen-bond donors (Lipinski definition) is 1. The summed E-state index contributed by atoms with van der Waals surface area (Å²) >= 11 is 1.16. The fraction of sp³-hybridized carbons (Fsp3) is 0.0833. The molecule has 0 aliphatic carbocycles. The summed E-state index contributed by atoms with van der Waals surface area (Å²) in [5, 5.41) is 4.28. The Balaban J connectivity index is 2.08. The molecule has 0 radical (unpaired) electrons. The van der Waals surface area contributed by atoms with E-state index in [9.17, 15) is 4.39 Å². The maximum atomic E-state index is 13.6. The van der Waals surface area contributed by atoms with Gasteiger partial charge in [0.1, 0.15) is 10.8 Å². The molecule has 2 N–H and O–H groups in total. The maximum Gasteiger partial charge on any atom is 0.263 e. The van der Waals surface area contributed by atoms with Crippen molar-refractivity contribution in [2.75, 3.05) is 5.73 Å². The minimum absolute atomic E-state index is 0.193. The van der Waals surface area contributed by atoms with Gasteiger partial charge >= 0.3 is 0 Å². The van der Waals surface area contributed by atoms with Gasteiger partial charge < -0.3 is 10.3 Å². The summed E-state index contributed by atoms with van der Waals surface area (Å²) in [4.78, 5) is 4.17. The van der Waals surface area contributed by atoms with Crippen LogP contribution in [-0.2, 0) is 0 Å². The number of rotatable bonds is 2. The molecule has 0 saturated heterocycles. The summed E-state index contributed by atoms with van der Waals surface area (Å²) in [6, 6.07) is 6.24. The van der Waals surface area contributed by atoms with Crippen LogP contribution in [0.1, 0.15) is 5.69 Å². The number of nitrogen functional groups attached to an aromatic ring is 1. The first kappa shape index (κ1) is 11.8. The van der Waals surface area contributed by atoms with E-state index >= 15 is 0 Å². The Morgan fingerprint density at radius 3 is 2.79 bits per heavy atom. The molecule has 1 aromatic carbocycles. The first-order valence-electron chi connectivity index (χ1n) is 5.47. The van der Waals surface area contributed by atoms with E-state index in [1.54, 1.807) is 25.1 Å². The first-order valence-corrected chi connectivity index (χ1v) is 6.25. The Morgan fingerprint density at radius 2 is 2.11 bits per heavy atom. The molecule has 0 spiro atoms. The van der Waals surface area contributed by atoms with E-state index in [1.807, 2.05) is 0 Å². The van der Waals surface area contributed by atoms with E-state index in [2.05, 4.69) is 14.5 Å². The molecule has 5 nitrogen and oxygen atoms in total. The summed E-state index contributed by atoms with van der Waals surface area (Å²) in [6.45, 7) is 1.80. The summed E-state index contributed by atoms with van der Waals surface area (Å²) in [6.07, 6.45) is 0. The highest BCUT2D eigenvalue weighted by Crippen LogP contribution is 2.32. The lowest BCUT2D eigenvalue weighted by Gasteiger charge is -1.95. The van der Waals surface area contributed by atoms with Crippen molar-refractivity contribution >= 4 is 16.5 Å². The Bertz CT molecular complexity index is 717. The zero-order valence-corrected chi connectivity index (χ0v) is 10.7. The fourth-order valence-electron chi connectivity index (χ4n) is 1.72. The number of hydrogen-bond acceptors (Lipinski definition) is 6. The number of aryl methyl sites for hydroxylation is 1. The minimum atomic E-state index is -0.400. The third-order valence-corrected chi connectivity index (χ3v) is 3.41. The van der Waals surface area contributed by atoms with Crippen LogP contribution in [0.5, 0.6) is 0 Å². The van der Waals surface area contributed by atoms with Crippen LogP contribution >= 0.6 is 11.5 Å². The standard InChI is InChI=1S/C12H9FN4OS/c1-6-9(10(14)19-17-6)12-15-11(16-18-12)7-4-2-3-5-8(7)13/h2-5H,14H2,1H3. The van der Waals surface area contributed by atoms with Gasteiger partial charge in [0.25, 0.3) is 5.89 Å². The van der Waals surface area contributed by atoms with Gasteiger partial charge in [0.2, 0.25) is 5.82 Å².